The number of aryl methyl sites for hydroxylation is 1. The molecule has 0 fully saturated rings. The third kappa shape index (κ3) is 3.98. The van der Waals surface area contributed by atoms with Gasteiger partial charge in [-0.15, -0.1) is 0 Å². The average molecular weight is 432 g/mol. The molecule has 3 aromatic carbocycles. The summed E-state index contributed by atoms with van der Waals surface area (Å²) >= 11 is 0. The van der Waals surface area contributed by atoms with Gasteiger partial charge < -0.3 is 10.1 Å². The van der Waals surface area contributed by atoms with E-state index in [0.717, 1.165) is 4.90 Å². The molecule has 1 heterocycles. The van der Waals surface area contributed by atoms with Gasteiger partial charge in [-0.25, -0.2) is 14.1 Å². The highest BCUT2D eigenvalue weighted by Crippen LogP contribution is 2.28. The quantitative estimate of drug-likeness (QED) is 0.490. The van der Waals surface area contributed by atoms with Gasteiger partial charge in [-0.05, 0) is 61.0 Å². The summed E-state index contributed by atoms with van der Waals surface area (Å²) in [6.07, 6.45) is 0. The predicted molar refractivity (Wildman–Crippen MR) is 114 cm³/mol. The number of benzene rings is 3. The number of imide groups is 1. The van der Waals surface area contributed by atoms with Crippen LogP contribution in [0.5, 0.6) is 0 Å². The van der Waals surface area contributed by atoms with Crippen LogP contribution in [0.3, 0.4) is 0 Å². The molecule has 1 N–H and O–H groups in total. The van der Waals surface area contributed by atoms with Crippen molar-refractivity contribution in [1.82, 2.24) is 0 Å². The van der Waals surface area contributed by atoms with Gasteiger partial charge in [0.1, 0.15) is 5.82 Å². The summed E-state index contributed by atoms with van der Waals surface area (Å²) in [5.74, 6) is -2.72. The Morgan fingerprint density at radius 3 is 2.16 bits per heavy atom. The summed E-state index contributed by atoms with van der Waals surface area (Å²) in [6.45, 7) is 1.04. The fourth-order valence-corrected chi connectivity index (χ4v) is 3.25. The molecule has 0 spiro atoms. The van der Waals surface area contributed by atoms with Crippen molar-refractivity contribution in [3.63, 3.8) is 0 Å². The van der Waals surface area contributed by atoms with Crippen LogP contribution >= 0.6 is 0 Å². The van der Waals surface area contributed by atoms with Gasteiger partial charge in [0.2, 0.25) is 0 Å². The minimum Gasteiger partial charge on any atom is -0.452 e. The summed E-state index contributed by atoms with van der Waals surface area (Å²) in [7, 11) is 0. The molecule has 8 heteroatoms. The number of ether oxygens (including phenoxy) is 1. The zero-order valence-electron chi connectivity index (χ0n) is 16.9. The van der Waals surface area contributed by atoms with Gasteiger partial charge >= 0.3 is 5.97 Å². The molecule has 0 aromatic heterocycles. The lowest BCUT2D eigenvalue weighted by Crippen LogP contribution is -2.29. The molecule has 4 rings (SSSR count). The highest BCUT2D eigenvalue weighted by Gasteiger charge is 2.36. The highest BCUT2D eigenvalue weighted by atomic mass is 19.1. The Hall–Kier alpha value is -4.33. The Kier molecular flexibility index (Phi) is 5.51. The first-order valence-corrected chi connectivity index (χ1v) is 9.66. The first kappa shape index (κ1) is 20.9. The van der Waals surface area contributed by atoms with Crippen molar-refractivity contribution >= 4 is 35.1 Å². The monoisotopic (exact) mass is 432 g/mol. The van der Waals surface area contributed by atoms with Crippen molar-refractivity contribution < 1.29 is 28.3 Å². The zero-order valence-corrected chi connectivity index (χ0v) is 16.9. The van der Waals surface area contributed by atoms with E-state index in [2.05, 4.69) is 5.32 Å². The summed E-state index contributed by atoms with van der Waals surface area (Å²) in [6, 6.07) is 16.4. The fraction of sp³-hybridized carbons (Fsp3) is 0.0833. The predicted octanol–water partition coefficient (Wildman–Crippen LogP) is 3.73. The molecule has 7 nitrogen and oxygen atoms in total. The molecule has 32 heavy (non-hydrogen) atoms. The van der Waals surface area contributed by atoms with E-state index in [1.165, 1.54) is 42.5 Å². The number of fused-ring (bicyclic) bond motifs is 1. The number of esters is 1. The van der Waals surface area contributed by atoms with Crippen LogP contribution in [-0.2, 0) is 9.53 Å². The lowest BCUT2D eigenvalue weighted by atomic mass is 10.1. The van der Waals surface area contributed by atoms with Crippen LogP contribution in [0.15, 0.2) is 66.7 Å². The van der Waals surface area contributed by atoms with Crippen LogP contribution in [-0.4, -0.2) is 30.3 Å². The number of halogens is 1. The standard InChI is InChI=1S/C24H17FN2O5/c1-14-6-9-16(12-20(14)25)26-21(28)13-32-24(31)15-7-10-17(11-8-15)27-22(29)18-4-2-3-5-19(18)23(27)30/h2-12H,13H2,1H3,(H,26,28). The van der Waals surface area contributed by atoms with Gasteiger partial charge in [0.05, 0.1) is 22.4 Å². The van der Waals surface area contributed by atoms with Crippen molar-refractivity contribution in [1.29, 1.82) is 0 Å². The normalized spacial score (nSPS) is 12.5. The number of carbonyl (C=O) groups is 4. The number of nitrogens with zero attached hydrogens (tertiary/aromatic N) is 1. The van der Waals surface area contributed by atoms with Crippen molar-refractivity contribution in [2.24, 2.45) is 0 Å². The second-order valence-electron chi connectivity index (χ2n) is 7.13. The second kappa shape index (κ2) is 8.43. The first-order valence-electron chi connectivity index (χ1n) is 9.66. The number of carbonyl (C=O) groups excluding carboxylic acids is 4. The van der Waals surface area contributed by atoms with Crippen molar-refractivity contribution in [3.8, 4) is 0 Å². The molecule has 3 aromatic rings. The molecular weight excluding hydrogens is 415 g/mol. The molecule has 0 bridgehead atoms. The number of anilines is 2. The molecule has 3 amide bonds. The highest BCUT2D eigenvalue weighted by molar-refractivity contribution is 6.34. The van der Waals surface area contributed by atoms with E-state index in [1.54, 1.807) is 31.2 Å². The van der Waals surface area contributed by atoms with Gasteiger partial charge in [0.15, 0.2) is 6.61 Å². The van der Waals surface area contributed by atoms with Gasteiger partial charge in [-0.2, -0.15) is 0 Å². The third-order valence-electron chi connectivity index (χ3n) is 4.95. The SMILES string of the molecule is Cc1ccc(NC(=O)COC(=O)c2ccc(N3C(=O)c4ccccc4C3=O)cc2)cc1F. The minimum atomic E-state index is -0.760. The molecule has 0 aliphatic carbocycles. The summed E-state index contributed by atoms with van der Waals surface area (Å²) in [5, 5.41) is 2.44. The Labute approximate surface area is 182 Å². The molecule has 0 atom stereocenters. The molecule has 0 saturated carbocycles. The lowest BCUT2D eigenvalue weighted by molar-refractivity contribution is -0.119. The Morgan fingerprint density at radius 1 is 0.938 bits per heavy atom. The van der Waals surface area contributed by atoms with Crippen LogP contribution in [0, 0.1) is 12.7 Å². The topological polar surface area (TPSA) is 92.8 Å². The Balaban J connectivity index is 1.37. The number of hydrogen-bond acceptors (Lipinski definition) is 5. The van der Waals surface area contributed by atoms with Gasteiger partial charge in [-0.1, -0.05) is 18.2 Å². The van der Waals surface area contributed by atoms with E-state index in [4.69, 9.17) is 4.74 Å². The smallest absolute Gasteiger partial charge is 0.338 e. The average Bonchev–Trinajstić information content (AvgIpc) is 3.05. The Morgan fingerprint density at radius 2 is 1.56 bits per heavy atom. The van der Waals surface area contributed by atoms with Crippen LogP contribution in [0.2, 0.25) is 0 Å². The van der Waals surface area contributed by atoms with E-state index in [-0.39, 0.29) is 11.3 Å². The summed E-state index contributed by atoms with van der Waals surface area (Å²) in [5.41, 5.74) is 1.78. The minimum absolute atomic E-state index is 0.138. The molecule has 1 aliphatic heterocycles. The van der Waals surface area contributed by atoms with E-state index in [1.807, 2.05) is 0 Å². The molecule has 0 saturated heterocycles. The van der Waals surface area contributed by atoms with E-state index >= 15 is 0 Å². The van der Waals surface area contributed by atoms with Crippen molar-refractivity contribution in [2.75, 3.05) is 16.8 Å². The fourth-order valence-electron chi connectivity index (χ4n) is 3.25. The summed E-state index contributed by atoms with van der Waals surface area (Å²) in [4.78, 5) is 50.3. The van der Waals surface area contributed by atoms with Crippen molar-refractivity contribution in [3.05, 3.63) is 94.8 Å². The van der Waals surface area contributed by atoms with E-state index in [9.17, 15) is 23.6 Å². The maximum Gasteiger partial charge on any atom is 0.338 e. The molecule has 0 unspecified atom stereocenters. The van der Waals surface area contributed by atoms with Crippen LogP contribution in [0.25, 0.3) is 0 Å². The van der Waals surface area contributed by atoms with E-state index < -0.39 is 36.1 Å². The Bertz CT molecular complexity index is 1220. The van der Waals surface area contributed by atoms with Gasteiger partial charge in [0.25, 0.3) is 17.7 Å². The van der Waals surface area contributed by atoms with Crippen LogP contribution < -0.4 is 10.2 Å². The molecule has 1 aliphatic rings. The zero-order chi connectivity index (χ0) is 22.8. The van der Waals surface area contributed by atoms with Gasteiger partial charge in [0, 0.05) is 5.69 Å². The molecular formula is C24H17FN2O5. The number of amides is 3. The number of nitrogens with one attached hydrogen (secondary N) is 1. The summed E-state index contributed by atoms with van der Waals surface area (Å²) < 4.78 is 18.5. The van der Waals surface area contributed by atoms with Gasteiger partial charge in [-0.3, -0.25) is 14.4 Å². The first-order chi connectivity index (χ1) is 15.3. The van der Waals surface area contributed by atoms with Crippen LogP contribution in [0.4, 0.5) is 15.8 Å². The largest absolute Gasteiger partial charge is 0.452 e. The molecule has 160 valence electrons. The third-order valence-corrected chi connectivity index (χ3v) is 4.95. The number of hydrogen-bond donors (Lipinski definition) is 1. The number of rotatable bonds is 5. The van der Waals surface area contributed by atoms with Crippen molar-refractivity contribution in [2.45, 2.75) is 6.92 Å². The second-order valence-corrected chi connectivity index (χ2v) is 7.13. The maximum absolute atomic E-state index is 13.6. The van der Waals surface area contributed by atoms with E-state index in [0.29, 0.717) is 22.4 Å². The maximum atomic E-state index is 13.6. The molecule has 0 radical (unpaired) electrons. The van der Waals surface area contributed by atoms with Crippen LogP contribution in [0.1, 0.15) is 36.6 Å². The lowest BCUT2D eigenvalue weighted by Gasteiger charge is -2.14.